The summed E-state index contributed by atoms with van der Waals surface area (Å²) in [5, 5.41) is 16.7. The fraction of sp³-hybridized carbons (Fsp3) is 0.164. The maximum absolute atomic E-state index is 2.61. The third-order valence-corrected chi connectivity index (χ3v) is 17.4. The molecule has 0 saturated heterocycles. The SMILES string of the molecule is CCC(C)(C)c1ccc2c(c1)B1c3c(cccc3N(c3ccc4c5ccccc5c5ccccc5c4c3)c3c1c1cc(C(C)(C)CC)ccc1n3C)N2c1ccc2c3ccccc3c3ccccc3c2c1. The molecule has 0 N–H and O–H groups in total. The van der Waals surface area contributed by atoms with Gasteiger partial charge < -0.3 is 9.47 Å². The number of aromatic nitrogens is 1. The monoisotopic (exact) mass is 913 g/mol. The van der Waals surface area contributed by atoms with Gasteiger partial charge in [-0.2, -0.15) is 0 Å². The van der Waals surface area contributed by atoms with E-state index in [-0.39, 0.29) is 17.5 Å². The van der Waals surface area contributed by atoms with E-state index in [1.807, 2.05) is 0 Å². The Bertz CT molecular complexity index is 4180. The van der Waals surface area contributed by atoms with E-state index in [9.17, 15) is 0 Å². The number of rotatable bonds is 6. The second kappa shape index (κ2) is 15.1. The number of benzene rings is 11. The smallest absolute Gasteiger partial charge is 0.255 e. The molecule has 0 atom stereocenters. The quantitative estimate of drug-likeness (QED) is 0.122. The first kappa shape index (κ1) is 42.1. The molecule has 0 saturated carbocycles. The van der Waals surface area contributed by atoms with Crippen LogP contribution in [-0.2, 0) is 17.9 Å². The van der Waals surface area contributed by atoms with Gasteiger partial charge >= 0.3 is 0 Å². The first-order valence-electron chi connectivity index (χ1n) is 25.7. The van der Waals surface area contributed by atoms with E-state index in [1.165, 1.54) is 132 Å². The Hall–Kier alpha value is -7.82. The first-order valence-corrected chi connectivity index (χ1v) is 25.7. The molecule has 0 fully saturated rings. The Morgan fingerprint density at radius 2 is 0.789 bits per heavy atom. The van der Waals surface area contributed by atoms with Crippen LogP contribution in [0.2, 0.25) is 0 Å². The predicted octanol–water partition coefficient (Wildman–Crippen LogP) is 16.6. The number of hydrogen-bond donors (Lipinski definition) is 0. The van der Waals surface area contributed by atoms with Crippen LogP contribution in [0.3, 0.4) is 0 Å². The zero-order valence-corrected chi connectivity index (χ0v) is 41.7. The molecule has 3 heterocycles. The van der Waals surface area contributed by atoms with Crippen LogP contribution >= 0.6 is 0 Å². The zero-order chi connectivity index (χ0) is 48.1. The van der Waals surface area contributed by atoms with E-state index >= 15 is 0 Å². The summed E-state index contributed by atoms with van der Waals surface area (Å²) in [6.45, 7) is 14.2. The standard InChI is InChI=1S/C67H56BN3/c1-8-66(3,4)41-29-35-59-57(37-41)63-65(69(59)7)71(44-32-34-54-50-24-13-11-20-46(50)48-22-15-17-26-52(48)56(54)40-44)62-28-18-27-61-64(62)68(63)58-38-42(67(5,6)9-2)30-36-60(58)70(61)43-31-33-53-49-23-12-10-19-45(49)47-21-14-16-25-51(47)55(53)39-43/h10-40H,8-9H2,1-7H3. The normalized spacial score (nSPS) is 13.6. The van der Waals surface area contributed by atoms with Crippen molar-refractivity contribution in [1.82, 2.24) is 4.57 Å². The van der Waals surface area contributed by atoms with Crippen LogP contribution in [0.5, 0.6) is 0 Å². The van der Waals surface area contributed by atoms with Crippen molar-refractivity contribution >= 4 is 133 Å². The van der Waals surface area contributed by atoms with Crippen molar-refractivity contribution in [2.45, 2.75) is 65.2 Å². The van der Waals surface area contributed by atoms with Crippen LogP contribution < -0.4 is 26.2 Å². The van der Waals surface area contributed by atoms with Crippen molar-refractivity contribution in [2.24, 2.45) is 7.05 Å². The molecule has 3 nitrogen and oxygen atoms in total. The van der Waals surface area contributed by atoms with Crippen LogP contribution in [0.4, 0.5) is 34.3 Å². The Labute approximate surface area is 416 Å². The molecule has 0 aliphatic carbocycles. The summed E-state index contributed by atoms with van der Waals surface area (Å²) in [7, 11) is 2.30. The van der Waals surface area contributed by atoms with Crippen molar-refractivity contribution in [3.05, 3.63) is 199 Å². The molecule has 0 spiro atoms. The summed E-state index contributed by atoms with van der Waals surface area (Å²) in [4.78, 5) is 5.21. The van der Waals surface area contributed by atoms with Gasteiger partial charge in [0.2, 0.25) is 0 Å². The molecular formula is C67H56BN3. The van der Waals surface area contributed by atoms with Crippen LogP contribution in [0.15, 0.2) is 188 Å². The topological polar surface area (TPSA) is 11.4 Å². The Balaban J connectivity index is 1.10. The molecule has 12 aromatic rings. The fourth-order valence-electron chi connectivity index (χ4n) is 12.8. The largest absolute Gasteiger partial charge is 0.330 e. The minimum atomic E-state index is -0.0227. The van der Waals surface area contributed by atoms with Crippen molar-refractivity contribution in [1.29, 1.82) is 0 Å². The zero-order valence-electron chi connectivity index (χ0n) is 41.7. The molecular weight excluding hydrogens is 858 g/mol. The molecule has 0 amide bonds. The van der Waals surface area contributed by atoms with Gasteiger partial charge in [0, 0.05) is 41.0 Å². The lowest BCUT2D eigenvalue weighted by Gasteiger charge is -2.44. The molecule has 1 aromatic heterocycles. The maximum atomic E-state index is 2.61. The first-order chi connectivity index (χ1) is 34.6. The summed E-state index contributed by atoms with van der Waals surface area (Å²) in [5.74, 6) is 1.23. The lowest BCUT2D eigenvalue weighted by molar-refractivity contribution is 0.506. The van der Waals surface area contributed by atoms with E-state index in [2.05, 4.69) is 251 Å². The molecule has 342 valence electrons. The maximum Gasteiger partial charge on any atom is 0.255 e. The van der Waals surface area contributed by atoms with E-state index in [0.29, 0.717) is 0 Å². The van der Waals surface area contributed by atoms with Gasteiger partial charge in [-0.15, -0.1) is 0 Å². The van der Waals surface area contributed by atoms with Crippen LogP contribution in [0.1, 0.15) is 65.5 Å². The van der Waals surface area contributed by atoms with Gasteiger partial charge in [-0.1, -0.05) is 175 Å². The average Bonchev–Trinajstić information content (AvgIpc) is 3.71. The summed E-state index contributed by atoms with van der Waals surface area (Å²) in [6.07, 6.45) is 2.10. The Morgan fingerprint density at radius 1 is 0.366 bits per heavy atom. The molecule has 71 heavy (non-hydrogen) atoms. The van der Waals surface area contributed by atoms with Crippen LogP contribution in [0, 0.1) is 0 Å². The summed E-state index contributed by atoms with van der Waals surface area (Å²) >= 11 is 0. The molecule has 2 aliphatic rings. The second-order valence-electron chi connectivity index (χ2n) is 21.7. The molecule has 4 heteroatoms. The highest BCUT2D eigenvalue weighted by atomic mass is 15.3. The van der Waals surface area contributed by atoms with E-state index < -0.39 is 0 Å². The van der Waals surface area contributed by atoms with Crippen LogP contribution in [-0.4, -0.2) is 11.3 Å². The van der Waals surface area contributed by atoms with Gasteiger partial charge in [0.05, 0.1) is 0 Å². The van der Waals surface area contributed by atoms with E-state index in [4.69, 9.17) is 0 Å². The molecule has 0 bridgehead atoms. The number of aryl methyl sites for hydroxylation is 1. The van der Waals surface area contributed by atoms with Gasteiger partial charge in [0.1, 0.15) is 5.82 Å². The molecule has 14 rings (SSSR count). The molecule has 11 aromatic carbocycles. The van der Waals surface area contributed by atoms with Gasteiger partial charge in [0.25, 0.3) is 6.71 Å². The highest BCUT2D eigenvalue weighted by Gasteiger charge is 2.46. The second-order valence-corrected chi connectivity index (χ2v) is 21.7. The third kappa shape index (κ3) is 5.85. The lowest BCUT2D eigenvalue weighted by atomic mass is 9.33. The molecule has 0 radical (unpaired) electrons. The van der Waals surface area contributed by atoms with Crippen molar-refractivity contribution < 1.29 is 0 Å². The molecule has 0 unspecified atom stereocenters. The average molecular weight is 914 g/mol. The van der Waals surface area contributed by atoms with Gasteiger partial charge in [-0.05, 0) is 176 Å². The van der Waals surface area contributed by atoms with Crippen LogP contribution in [0.25, 0.3) is 75.5 Å². The number of anilines is 6. The third-order valence-electron chi connectivity index (χ3n) is 17.4. The van der Waals surface area contributed by atoms with Crippen molar-refractivity contribution in [2.75, 3.05) is 9.80 Å². The lowest BCUT2D eigenvalue weighted by Crippen LogP contribution is -2.61. The van der Waals surface area contributed by atoms with Gasteiger partial charge in [0.15, 0.2) is 0 Å². The van der Waals surface area contributed by atoms with Gasteiger partial charge in [-0.25, -0.2) is 0 Å². The number of fused-ring (bicyclic) bond motifs is 18. The summed E-state index contributed by atoms with van der Waals surface area (Å²) in [6, 6.07) is 72.1. The van der Waals surface area contributed by atoms with Crippen molar-refractivity contribution in [3.63, 3.8) is 0 Å². The van der Waals surface area contributed by atoms with E-state index in [1.54, 1.807) is 0 Å². The Morgan fingerprint density at radius 3 is 1.28 bits per heavy atom. The number of hydrogen-bond acceptors (Lipinski definition) is 2. The minimum absolute atomic E-state index is 0.0127. The highest BCUT2D eigenvalue weighted by Crippen LogP contribution is 2.49. The fourth-order valence-corrected chi connectivity index (χ4v) is 12.8. The molecule has 2 aliphatic heterocycles. The predicted molar refractivity (Wildman–Crippen MR) is 309 cm³/mol. The van der Waals surface area contributed by atoms with E-state index in [0.717, 1.165) is 18.5 Å². The summed E-state index contributed by atoms with van der Waals surface area (Å²) in [5.41, 5.74) is 14.1. The summed E-state index contributed by atoms with van der Waals surface area (Å²) < 4.78 is 2.50. The highest BCUT2D eigenvalue weighted by molar-refractivity contribution is 7.01. The van der Waals surface area contributed by atoms with Gasteiger partial charge in [-0.3, -0.25) is 4.90 Å². The Kier molecular flexibility index (Phi) is 8.95. The number of nitrogens with zero attached hydrogens (tertiary/aromatic N) is 3. The van der Waals surface area contributed by atoms with Crippen molar-refractivity contribution in [3.8, 4) is 0 Å². The minimum Gasteiger partial charge on any atom is -0.330 e.